The van der Waals surface area contributed by atoms with Crippen molar-refractivity contribution in [1.82, 2.24) is 14.5 Å². The monoisotopic (exact) mass is 276 g/mol. The molecule has 2 heterocycles. The highest BCUT2D eigenvalue weighted by molar-refractivity contribution is 5.80. The van der Waals surface area contributed by atoms with E-state index in [2.05, 4.69) is 22.5 Å². The summed E-state index contributed by atoms with van der Waals surface area (Å²) in [6, 6.07) is 12.3. The number of hydrogen-bond acceptors (Lipinski definition) is 3. The first-order valence-corrected chi connectivity index (χ1v) is 7.01. The standard InChI is InChI=1S/C17H16N4/c1-4-15-20-16-11(2)14(10-18)12(3)19-17(16)21(15)13-8-6-5-7-9-13/h5-9H,4H2,1-3H3. The number of nitriles is 1. The summed E-state index contributed by atoms with van der Waals surface area (Å²) in [6.07, 6.45) is 0.811. The summed E-state index contributed by atoms with van der Waals surface area (Å²) in [7, 11) is 0. The molecule has 104 valence electrons. The molecule has 0 bridgehead atoms. The topological polar surface area (TPSA) is 54.5 Å². The zero-order valence-corrected chi connectivity index (χ0v) is 12.4. The molecule has 0 atom stereocenters. The molecule has 0 aliphatic rings. The highest BCUT2D eigenvalue weighted by atomic mass is 15.1. The van der Waals surface area contributed by atoms with Gasteiger partial charge in [-0.2, -0.15) is 5.26 Å². The van der Waals surface area contributed by atoms with E-state index < -0.39 is 0 Å². The van der Waals surface area contributed by atoms with Gasteiger partial charge in [-0.15, -0.1) is 0 Å². The van der Waals surface area contributed by atoms with Crippen molar-refractivity contribution >= 4 is 11.2 Å². The zero-order valence-electron chi connectivity index (χ0n) is 12.4. The summed E-state index contributed by atoms with van der Waals surface area (Å²) in [5.41, 5.74) is 4.98. The lowest BCUT2D eigenvalue weighted by atomic mass is 10.1. The van der Waals surface area contributed by atoms with Crippen LogP contribution in [0.4, 0.5) is 0 Å². The first-order valence-electron chi connectivity index (χ1n) is 7.01. The average molecular weight is 276 g/mol. The molecule has 0 saturated heterocycles. The van der Waals surface area contributed by atoms with Crippen LogP contribution in [-0.2, 0) is 6.42 Å². The fourth-order valence-corrected chi connectivity index (χ4v) is 2.67. The van der Waals surface area contributed by atoms with E-state index in [0.29, 0.717) is 5.56 Å². The largest absolute Gasteiger partial charge is 0.281 e. The number of pyridine rings is 1. The molecular formula is C17H16N4. The van der Waals surface area contributed by atoms with E-state index in [1.165, 1.54) is 0 Å². The van der Waals surface area contributed by atoms with Gasteiger partial charge in [-0.25, -0.2) is 9.97 Å². The predicted octanol–water partition coefficient (Wildman–Crippen LogP) is 3.47. The number of nitrogens with zero attached hydrogens (tertiary/aromatic N) is 4. The highest BCUT2D eigenvalue weighted by Crippen LogP contribution is 2.26. The van der Waals surface area contributed by atoms with Gasteiger partial charge < -0.3 is 0 Å². The molecule has 2 aromatic heterocycles. The van der Waals surface area contributed by atoms with Crippen LogP contribution in [0.25, 0.3) is 16.9 Å². The van der Waals surface area contributed by atoms with E-state index in [4.69, 9.17) is 4.98 Å². The van der Waals surface area contributed by atoms with Crippen LogP contribution in [0.3, 0.4) is 0 Å². The lowest BCUT2D eigenvalue weighted by Crippen LogP contribution is -2.02. The fraction of sp³-hybridized carbons (Fsp3) is 0.235. The van der Waals surface area contributed by atoms with Crippen molar-refractivity contribution < 1.29 is 0 Å². The van der Waals surface area contributed by atoms with Gasteiger partial charge in [-0.3, -0.25) is 4.57 Å². The first kappa shape index (κ1) is 13.3. The quantitative estimate of drug-likeness (QED) is 0.720. The molecule has 0 unspecified atom stereocenters. The Morgan fingerprint density at radius 3 is 2.48 bits per heavy atom. The Balaban J connectivity index is 2.43. The van der Waals surface area contributed by atoms with Crippen molar-refractivity contribution in [2.75, 3.05) is 0 Å². The van der Waals surface area contributed by atoms with Crippen molar-refractivity contribution in [1.29, 1.82) is 5.26 Å². The second-order valence-corrected chi connectivity index (χ2v) is 5.03. The minimum atomic E-state index is 0.628. The second-order valence-electron chi connectivity index (χ2n) is 5.03. The number of aryl methyl sites for hydroxylation is 3. The van der Waals surface area contributed by atoms with Crippen molar-refractivity contribution in [2.45, 2.75) is 27.2 Å². The molecule has 3 aromatic rings. The molecule has 0 spiro atoms. The van der Waals surface area contributed by atoms with Crippen LogP contribution in [0.1, 0.15) is 29.6 Å². The smallest absolute Gasteiger partial charge is 0.165 e. The molecule has 3 rings (SSSR count). The molecule has 0 saturated carbocycles. The maximum atomic E-state index is 9.28. The van der Waals surface area contributed by atoms with E-state index >= 15 is 0 Å². The van der Waals surface area contributed by atoms with Gasteiger partial charge >= 0.3 is 0 Å². The Morgan fingerprint density at radius 2 is 1.86 bits per heavy atom. The molecule has 0 aliphatic carbocycles. The van der Waals surface area contributed by atoms with Crippen LogP contribution in [-0.4, -0.2) is 14.5 Å². The van der Waals surface area contributed by atoms with Crippen LogP contribution in [0, 0.1) is 25.2 Å². The Bertz CT molecular complexity index is 854. The molecule has 0 fully saturated rings. The number of para-hydroxylation sites is 1. The Kier molecular flexibility index (Phi) is 3.19. The molecule has 0 amide bonds. The second kappa shape index (κ2) is 5.02. The average Bonchev–Trinajstić information content (AvgIpc) is 2.87. The van der Waals surface area contributed by atoms with Crippen LogP contribution in [0.2, 0.25) is 0 Å². The van der Waals surface area contributed by atoms with Crippen LogP contribution < -0.4 is 0 Å². The van der Waals surface area contributed by atoms with Gasteiger partial charge in [-0.1, -0.05) is 25.1 Å². The third kappa shape index (κ3) is 1.98. The Morgan fingerprint density at radius 1 is 1.14 bits per heavy atom. The predicted molar refractivity (Wildman–Crippen MR) is 82.4 cm³/mol. The third-order valence-electron chi connectivity index (χ3n) is 3.73. The minimum absolute atomic E-state index is 0.628. The molecule has 0 radical (unpaired) electrons. The SMILES string of the molecule is CCc1nc2c(C)c(C#N)c(C)nc2n1-c1ccccc1. The van der Waals surface area contributed by atoms with E-state index in [-0.39, 0.29) is 0 Å². The van der Waals surface area contributed by atoms with E-state index in [9.17, 15) is 5.26 Å². The molecule has 0 N–H and O–H groups in total. The Labute approximate surface area is 123 Å². The number of fused-ring (bicyclic) bond motifs is 1. The van der Waals surface area contributed by atoms with Crippen molar-refractivity contribution in [3.8, 4) is 11.8 Å². The van der Waals surface area contributed by atoms with Crippen molar-refractivity contribution in [3.05, 3.63) is 53.0 Å². The van der Waals surface area contributed by atoms with Gasteiger partial charge in [0.1, 0.15) is 17.4 Å². The lowest BCUT2D eigenvalue weighted by Gasteiger charge is -2.08. The van der Waals surface area contributed by atoms with Gasteiger partial charge in [0.05, 0.1) is 11.3 Å². The van der Waals surface area contributed by atoms with Crippen LogP contribution in [0.15, 0.2) is 30.3 Å². The summed E-state index contributed by atoms with van der Waals surface area (Å²) in [5.74, 6) is 0.960. The van der Waals surface area contributed by atoms with Gasteiger partial charge in [0.25, 0.3) is 0 Å². The fourth-order valence-electron chi connectivity index (χ4n) is 2.67. The number of imidazole rings is 1. The number of aromatic nitrogens is 3. The maximum Gasteiger partial charge on any atom is 0.165 e. The molecule has 4 heteroatoms. The van der Waals surface area contributed by atoms with Crippen molar-refractivity contribution in [2.24, 2.45) is 0 Å². The Hall–Kier alpha value is -2.67. The van der Waals surface area contributed by atoms with Gasteiger partial charge in [0, 0.05) is 12.1 Å². The summed E-state index contributed by atoms with van der Waals surface area (Å²) < 4.78 is 2.08. The number of benzene rings is 1. The molecule has 0 aliphatic heterocycles. The normalized spacial score (nSPS) is 10.8. The summed E-state index contributed by atoms with van der Waals surface area (Å²) in [5, 5.41) is 9.28. The van der Waals surface area contributed by atoms with Gasteiger partial charge in [-0.05, 0) is 31.5 Å². The first-order chi connectivity index (χ1) is 10.2. The van der Waals surface area contributed by atoms with E-state index in [1.54, 1.807) is 0 Å². The molecule has 4 nitrogen and oxygen atoms in total. The minimum Gasteiger partial charge on any atom is -0.281 e. The zero-order chi connectivity index (χ0) is 15.0. The van der Waals surface area contributed by atoms with Crippen molar-refractivity contribution in [3.63, 3.8) is 0 Å². The number of rotatable bonds is 2. The summed E-state index contributed by atoms with van der Waals surface area (Å²) in [6.45, 7) is 5.89. The van der Waals surface area contributed by atoms with Gasteiger partial charge in [0.2, 0.25) is 0 Å². The third-order valence-corrected chi connectivity index (χ3v) is 3.73. The summed E-state index contributed by atoms with van der Waals surface area (Å²) in [4.78, 5) is 9.34. The lowest BCUT2D eigenvalue weighted by molar-refractivity contribution is 0.900. The number of hydrogen-bond donors (Lipinski definition) is 0. The van der Waals surface area contributed by atoms with Crippen LogP contribution >= 0.6 is 0 Å². The molecule has 21 heavy (non-hydrogen) atoms. The van der Waals surface area contributed by atoms with Crippen LogP contribution in [0.5, 0.6) is 0 Å². The maximum absolute atomic E-state index is 9.28. The van der Waals surface area contributed by atoms with E-state index in [0.717, 1.165) is 40.4 Å². The molecule has 1 aromatic carbocycles. The highest BCUT2D eigenvalue weighted by Gasteiger charge is 2.17. The summed E-state index contributed by atoms with van der Waals surface area (Å²) >= 11 is 0. The van der Waals surface area contributed by atoms with Gasteiger partial charge in [0.15, 0.2) is 5.65 Å². The van der Waals surface area contributed by atoms with E-state index in [1.807, 2.05) is 44.2 Å². The molecular weight excluding hydrogens is 260 g/mol.